The first kappa shape index (κ1) is 19.2. The van der Waals surface area contributed by atoms with Crippen LogP contribution in [-0.4, -0.2) is 67.1 Å². The molecule has 2 heterocycles. The van der Waals surface area contributed by atoms with Gasteiger partial charge in [-0.25, -0.2) is 0 Å². The molecular formula is C19H27N3O3S. The summed E-state index contributed by atoms with van der Waals surface area (Å²) in [6.45, 7) is 5.22. The number of carbonyl (C=O) groups is 2. The van der Waals surface area contributed by atoms with Crippen molar-refractivity contribution in [3.05, 3.63) is 29.8 Å². The number of carbonyl (C=O) groups excluding carboxylic acids is 2. The summed E-state index contributed by atoms with van der Waals surface area (Å²) in [7, 11) is 0. The van der Waals surface area contributed by atoms with Gasteiger partial charge in [0.25, 0.3) is 0 Å². The number of thioether (sulfide) groups is 1. The number of fused-ring (bicyclic) bond motifs is 1. The van der Waals surface area contributed by atoms with E-state index in [2.05, 4.69) is 15.5 Å². The zero-order valence-corrected chi connectivity index (χ0v) is 15.9. The average Bonchev–Trinajstić information content (AvgIpc) is 2.82. The lowest BCUT2D eigenvalue weighted by Crippen LogP contribution is -2.38. The third-order valence-electron chi connectivity index (χ3n) is 4.74. The molecule has 0 bridgehead atoms. The van der Waals surface area contributed by atoms with Crippen LogP contribution in [0.3, 0.4) is 0 Å². The molecule has 1 aromatic rings. The fourth-order valence-corrected chi connectivity index (χ4v) is 4.18. The van der Waals surface area contributed by atoms with Crippen molar-refractivity contribution in [3.63, 3.8) is 0 Å². The summed E-state index contributed by atoms with van der Waals surface area (Å²) in [6, 6.07) is 7.89. The van der Waals surface area contributed by atoms with E-state index in [0.29, 0.717) is 12.3 Å². The van der Waals surface area contributed by atoms with E-state index in [4.69, 9.17) is 4.74 Å². The minimum atomic E-state index is -0.179. The Morgan fingerprint density at radius 1 is 1.31 bits per heavy atom. The van der Waals surface area contributed by atoms with Gasteiger partial charge in [-0.1, -0.05) is 18.2 Å². The van der Waals surface area contributed by atoms with Gasteiger partial charge < -0.3 is 15.4 Å². The van der Waals surface area contributed by atoms with Gasteiger partial charge in [-0.05, 0) is 37.4 Å². The molecule has 2 aliphatic rings. The molecule has 7 heteroatoms. The van der Waals surface area contributed by atoms with Crippen LogP contribution in [0.25, 0.3) is 0 Å². The Morgan fingerprint density at radius 3 is 2.96 bits per heavy atom. The number of nitrogens with one attached hydrogen (secondary N) is 2. The lowest BCUT2D eigenvalue weighted by atomic mass is 10.1. The Morgan fingerprint density at radius 2 is 2.12 bits per heavy atom. The topological polar surface area (TPSA) is 70.7 Å². The molecule has 2 aliphatic heterocycles. The third kappa shape index (κ3) is 5.72. The number of anilines is 1. The van der Waals surface area contributed by atoms with E-state index in [1.54, 1.807) is 0 Å². The molecule has 0 radical (unpaired) electrons. The SMILES string of the molecule is O=C(CS[C@@H]1CCc2ccccc2NC1=O)NCCCN1CCOCC1. The van der Waals surface area contributed by atoms with Crippen molar-refractivity contribution in [1.82, 2.24) is 10.2 Å². The first-order valence-electron chi connectivity index (χ1n) is 9.29. The van der Waals surface area contributed by atoms with Crippen LogP contribution in [0, 0.1) is 0 Å². The second kappa shape index (κ2) is 9.94. The van der Waals surface area contributed by atoms with E-state index in [1.165, 1.54) is 11.8 Å². The molecule has 0 spiro atoms. The maximum atomic E-state index is 12.3. The highest BCUT2D eigenvalue weighted by Gasteiger charge is 2.24. The smallest absolute Gasteiger partial charge is 0.237 e. The molecule has 0 unspecified atom stereocenters. The molecule has 0 aromatic heterocycles. The lowest BCUT2D eigenvalue weighted by molar-refractivity contribution is -0.118. The predicted octanol–water partition coefficient (Wildman–Crippen LogP) is 1.51. The van der Waals surface area contributed by atoms with Gasteiger partial charge in [-0.15, -0.1) is 11.8 Å². The lowest BCUT2D eigenvalue weighted by Gasteiger charge is -2.26. The normalized spacial score (nSPS) is 20.8. The highest BCUT2D eigenvalue weighted by atomic mass is 32.2. The molecule has 1 fully saturated rings. The number of amides is 2. The number of benzene rings is 1. The van der Waals surface area contributed by atoms with Crippen LogP contribution in [0.5, 0.6) is 0 Å². The first-order chi connectivity index (χ1) is 12.7. The summed E-state index contributed by atoms with van der Waals surface area (Å²) in [5, 5.41) is 5.76. The molecule has 26 heavy (non-hydrogen) atoms. The van der Waals surface area contributed by atoms with Crippen LogP contribution in [0.15, 0.2) is 24.3 Å². The molecule has 2 amide bonds. The van der Waals surface area contributed by atoms with Crippen molar-refractivity contribution in [2.75, 3.05) is 50.5 Å². The quantitative estimate of drug-likeness (QED) is 0.705. The second-order valence-electron chi connectivity index (χ2n) is 6.64. The van der Waals surface area contributed by atoms with Gasteiger partial charge >= 0.3 is 0 Å². The van der Waals surface area contributed by atoms with Gasteiger partial charge in [-0.3, -0.25) is 14.5 Å². The van der Waals surface area contributed by atoms with E-state index in [9.17, 15) is 9.59 Å². The molecule has 2 N–H and O–H groups in total. The maximum absolute atomic E-state index is 12.3. The Kier molecular flexibility index (Phi) is 7.34. The van der Waals surface area contributed by atoms with E-state index in [-0.39, 0.29) is 17.1 Å². The van der Waals surface area contributed by atoms with Gasteiger partial charge in [0.05, 0.1) is 24.2 Å². The van der Waals surface area contributed by atoms with Crippen LogP contribution in [-0.2, 0) is 20.7 Å². The summed E-state index contributed by atoms with van der Waals surface area (Å²) in [4.78, 5) is 26.8. The average molecular weight is 378 g/mol. The van der Waals surface area contributed by atoms with Crippen LogP contribution in [0.1, 0.15) is 18.4 Å². The number of ether oxygens (including phenoxy) is 1. The summed E-state index contributed by atoms with van der Waals surface area (Å²) in [6.07, 6.45) is 2.56. The summed E-state index contributed by atoms with van der Waals surface area (Å²) in [5.74, 6) is 0.331. The number of para-hydroxylation sites is 1. The number of nitrogens with zero attached hydrogens (tertiary/aromatic N) is 1. The van der Waals surface area contributed by atoms with Crippen molar-refractivity contribution in [1.29, 1.82) is 0 Å². The number of hydrogen-bond acceptors (Lipinski definition) is 5. The first-order valence-corrected chi connectivity index (χ1v) is 10.3. The Hall–Kier alpha value is -1.57. The minimum Gasteiger partial charge on any atom is -0.379 e. The molecule has 3 rings (SSSR count). The maximum Gasteiger partial charge on any atom is 0.237 e. The highest BCUT2D eigenvalue weighted by molar-refractivity contribution is 8.01. The number of morpholine rings is 1. The molecule has 6 nitrogen and oxygen atoms in total. The third-order valence-corrected chi connectivity index (χ3v) is 6.02. The molecule has 0 saturated carbocycles. The van der Waals surface area contributed by atoms with Crippen molar-refractivity contribution >= 4 is 29.3 Å². The van der Waals surface area contributed by atoms with Gasteiger partial charge in [-0.2, -0.15) is 0 Å². The Bertz CT molecular complexity index is 620. The van der Waals surface area contributed by atoms with Crippen molar-refractivity contribution < 1.29 is 14.3 Å². The molecule has 1 atom stereocenters. The van der Waals surface area contributed by atoms with Crippen LogP contribution in [0.4, 0.5) is 5.69 Å². The van der Waals surface area contributed by atoms with Gasteiger partial charge in [0.2, 0.25) is 11.8 Å². The summed E-state index contributed by atoms with van der Waals surface area (Å²) in [5.41, 5.74) is 2.06. The highest BCUT2D eigenvalue weighted by Crippen LogP contribution is 2.26. The van der Waals surface area contributed by atoms with Gasteiger partial charge in [0.15, 0.2) is 0 Å². The van der Waals surface area contributed by atoms with E-state index in [1.807, 2.05) is 24.3 Å². The van der Waals surface area contributed by atoms with E-state index >= 15 is 0 Å². The summed E-state index contributed by atoms with van der Waals surface area (Å²) >= 11 is 1.43. The van der Waals surface area contributed by atoms with Gasteiger partial charge in [0.1, 0.15) is 0 Å². The standard InChI is InChI=1S/C19H27N3O3S/c23-18(20-8-3-9-22-10-12-25-13-11-22)14-26-17-7-6-15-4-1-2-5-16(15)21-19(17)24/h1-2,4-5,17H,3,6-14H2,(H,20,23)(H,21,24)/t17-/m1/s1. The van der Waals surface area contributed by atoms with Crippen molar-refractivity contribution in [2.45, 2.75) is 24.5 Å². The number of hydrogen-bond donors (Lipinski definition) is 2. The van der Waals surface area contributed by atoms with Crippen molar-refractivity contribution in [2.24, 2.45) is 0 Å². The molecular weight excluding hydrogens is 350 g/mol. The zero-order chi connectivity index (χ0) is 18.2. The number of aryl methyl sites for hydroxylation is 1. The largest absolute Gasteiger partial charge is 0.379 e. The van der Waals surface area contributed by atoms with Gasteiger partial charge in [0, 0.05) is 25.3 Å². The summed E-state index contributed by atoms with van der Waals surface area (Å²) < 4.78 is 5.33. The molecule has 1 aromatic carbocycles. The molecule has 0 aliphatic carbocycles. The van der Waals surface area contributed by atoms with Crippen LogP contribution >= 0.6 is 11.8 Å². The van der Waals surface area contributed by atoms with E-state index in [0.717, 1.165) is 63.4 Å². The van der Waals surface area contributed by atoms with Crippen molar-refractivity contribution in [3.8, 4) is 0 Å². The molecule has 142 valence electrons. The van der Waals surface area contributed by atoms with Crippen LogP contribution < -0.4 is 10.6 Å². The Labute approximate surface area is 159 Å². The minimum absolute atomic E-state index is 0.0000624. The molecule has 1 saturated heterocycles. The van der Waals surface area contributed by atoms with Crippen LogP contribution in [0.2, 0.25) is 0 Å². The monoisotopic (exact) mass is 377 g/mol. The number of rotatable bonds is 7. The fraction of sp³-hybridized carbons (Fsp3) is 0.579. The Balaban J connectivity index is 1.33. The van der Waals surface area contributed by atoms with E-state index < -0.39 is 0 Å². The predicted molar refractivity (Wildman–Crippen MR) is 105 cm³/mol. The second-order valence-corrected chi connectivity index (χ2v) is 7.83. The zero-order valence-electron chi connectivity index (χ0n) is 15.0. The fourth-order valence-electron chi connectivity index (χ4n) is 3.23.